The molecule has 0 saturated carbocycles. The first-order chi connectivity index (χ1) is 11.9. The Bertz CT molecular complexity index is 890. The van der Waals surface area contributed by atoms with Crippen LogP contribution in [0, 0.1) is 6.92 Å². The first kappa shape index (κ1) is 17.8. The molecule has 0 aliphatic carbocycles. The van der Waals surface area contributed by atoms with Crippen molar-refractivity contribution in [2.75, 3.05) is 32.1 Å². The van der Waals surface area contributed by atoms with Gasteiger partial charge in [0.05, 0.1) is 10.2 Å². The van der Waals surface area contributed by atoms with Crippen LogP contribution in [0.25, 0.3) is 10.2 Å². The predicted octanol–water partition coefficient (Wildman–Crippen LogP) is 3.84. The van der Waals surface area contributed by atoms with E-state index in [9.17, 15) is 4.79 Å². The largest absolute Gasteiger partial charge is 0.361 e. The SMILES string of the molecule is Cc1cc(C(=O)N(CCCN(C)C)c2nc3ccc(Cl)cc3s2)no1. The van der Waals surface area contributed by atoms with Gasteiger partial charge in [-0.05, 0) is 52.2 Å². The number of anilines is 1. The summed E-state index contributed by atoms with van der Waals surface area (Å²) in [5, 5.41) is 5.15. The summed E-state index contributed by atoms with van der Waals surface area (Å²) in [7, 11) is 4.01. The lowest BCUT2D eigenvalue weighted by molar-refractivity contribution is 0.0977. The van der Waals surface area contributed by atoms with Gasteiger partial charge in [0.25, 0.3) is 5.91 Å². The first-order valence-electron chi connectivity index (χ1n) is 7.90. The summed E-state index contributed by atoms with van der Waals surface area (Å²) in [6.07, 6.45) is 0.826. The van der Waals surface area contributed by atoms with Crippen molar-refractivity contribution in [2.45, 2.75) is 13.3 Å². The molecule has 3 rings (SSSR count). The molecule has 0 atom stereocenters. The number of thiazole rings is 1. The standard InChI is InChI=1S/C17H19ClN4O2S/c1-11-9-14(20-24-11)16(23)22(8-4-7-21(2)3)17-19-13-6-5-12(18)10-15(13)25-17/h5-6,9-10H,4,7-8H2,1-3H3. The number of rotatable bonds is 6. The number of amides is 1. The molecule has 1 amide bonds. The maximum Gasteiger partial charge on any atom is 0.282 e. The third-order valence-corrected chi connectivity index (χ3v) is 4.93. The number of aromatic nitrogens is 2. The summed E-state index contributed by atoms with van der Waals surface area (Å²) >= 11 is 7.50. The Kier molecular flexibility index (Phi) is 5.36. The van der Waals surface area contributed by atoms with E-state index in [1.165, 1.54) is 11.3 Å². The van der Waals surface area contributed by atoms with E-state index in [4.69, 9.17) is 16.1 Å². The summed E-state index contributed by atoms with van der Waals surface area (Å²) in [6, 6.07) is 7.17. The molecule has 3 aromatic rings. The highest BCUT2D eigenvalue weighted by Crippen LogP contribution is 2.31. The molecule has 6 nitrogen and oxygen atoms in total. The van der Waals surface area contributed by atoms with Crippen LogP contribution >= 0.6 is 22.9 Å². The van der Waals surface area contributed by atoms with Crippen molar-refractivity contribution in [1.82, 2.24) is 15.0 Å². The molecule has 25 heavy (non-hydrogen) atoms. The molecule has 0 aliphatic rings. The van der Waals surface area contributed by atoms with Gasteiger partial charge in [-0.15, -0.1) is 0 Å². The molecule has 0 saturated heterocycles. The maximum atomic E-state index is 12.9. The normalized spacial score (nSPS) is 11.4. The van der Waals surface area contributed by atoms with Crippen molar-refractivity contribution in [3.63, 3.8) is 0 Å². The molecule has 0 radical (unpaired) electrons. The zero-order valence-electron chi connectivity index (χ0n) is 14.3. The summed E-state index contributed by atoms with van der Waals surface area (Å²) < 4.78 is 6.00. The monoisotopic (exact) mass is 378 g/mol. The van der Waals surface area contributed by atoms with Crippen LogP contribution in [0.15, 0.2) is 28.8 Å². The molecular formula is C17H19ClN4O2S. The molecule has 2 aromatic heterocycles. The van der Waals surface area contributed by atoms with E-state index < -0.39 is 0 Å². The van der Waals surface area contributed by atoms with Crippen LogP contribution in [0.2, 0.25) is 5.02 Å². The maximum absolute atomic E-state index is 12.9. The first-order valence-corrected chi connectivity index (χ1v) is 9.09. The van der Waals surface area contributed by atoms with E-state index >= 15 is 0 Å². The van der Waals surface area contributed by atoms with E-state index in [2.05, 4.69) is 15.0 Å². The average Bonchev–Trinajstić information content (AvgIpc) is 3.16. The number of carbonyl (C=O) groups excluding carboxylic acids is 1. The third kappa shape index (κ3) is 4.18. The number of nitrogens with zero attached hydrogens (tertiary/aromatic N) is 4. The van der Waals surface area contributed by atoms with Gasteiger partial charge < -0.3 is 9.42 Å². The van der Waals surface area contributed by atoms with Crippen LogP contribution in [-0.2, 0) is 0 Å². The fourth-order valence-corrected chi connectivity index (χ4v) is 3.70. The number of halogens is 1. The number of fused-ring (bicyclic) bond motifs is 1. The van der Waals surface area contributed by atoms with E-state index in [-0.39, 0.29) is 5.91 Å². The molecule has 8 heteroatoms. The summed E-state index contributed by atoms with van der Waals surface area (Å²) in [5.74, 6) is 0.397. The average molecular weight is 379 g/mol. The van der Waals surface area contributed by atoms with Gasteiger partial charge in [0.2, 0.25) is 0 Å². The van der Waals surface area contributed by atoms with Crippen LogP contribution in [0.5, 0.6) is 0 Å². The molecule has 0 bridgehead atoms. The molecule has 0 aliphatic heterocycles. The Labute approximate surface area is 155 Å². The van der Waals surface area contributed by atoms with Crippen molar-refractivity contribution in [2.24, 2.45) is 0 Å². The quantitative estimate of drug-likeness (QED) is 0.652. The minimum atomic E-state index is -0.208. The van der Waals surface area contributed by atoms with E-state index in [0.29, 0.717) is 28.2 Å². The van der Waals surface area contributed by atoms with Crippen LogP contribution in [0.3, 0.4) is 0 Å². The third-order valence-electron chi connectivity index (χ3n) is 3.65. The van der Waals surface area contributed by atoms with Crippen molar-refractivity contribution in [3.05, 3.63) is 40.7 Å². The molecule has 0 fully saturated rings. The predicted molar refractivity (Wildman–Crippen MR) is 101 cm³/mol. The second-order valence-corrected chi connectivity index (χ2v) is 7.49. The molecule has 2 heterocycles. The van der Waals surface area contributed by atoms with Crippen LogP contribution < -0.4 is 4.90 Å². The van der Waals surface area contributed by atoms with Gasteiger partial charge in [-0.25, -0.2) is 4.98 Å². The Morgan fingerprint density at radius 3 is 2.76 bits per heavy atom. The topological polar surface area (TPSA) is 62.5 Å². The second-order valence-electron chi connectivity index (χ2n) is 6.04. The van der Waals surface area contributed by atoms with Crippen molar-refractivity contribution in [1.29, 1.82) is 0 Å². The molecule has 1 aromatic carbocycles. The lowest BCUT2D eigenvalue weighted by Gasteiger charge is -2.19. The fraction of sp³-hybridized carbons (Fsp3) is 0.353. The van der Waals surface area contributed by atoms with Crippen molar-refractivity contribution < 1.29 is 9.32 Å². The van der Waals surface area contributed by atoms with E-state index in [1.54, 1.807) is 24.0 Å². The van der Waals surface area contributed by atoms with Crippen LogP contribution in [0.1, 0.15) is 22.7 Å². The summed E-state index contributed by atoms with van der Waals surface area (Å²) in [6.45, 7) is 3.19. The Morgan fingerprint density at radius 1 is 1.28 bits per heavy atom. The summed E-state index contributed by atoms with van der Waals surface area (Å²) in [4.78, 5) is 21.3. The number of aryl methyl sites for hydroxylation is 1. The number of hydrogen-bond donors (Lipinski definition) is 0. The smallest absolute Gasteiger partial charge is 0.282 e. The van der Waals surface area contributed by atoms with Gasteiger partial charge in [0.15, 0.2) is 10.8 Å². The Morgan fingerprint density at radius 2 is 2.08 bits per heavy atom. The van der Waals surface area contributed by atoms with Crippen molar-refractivity contribution >= 4 is 44.2 Å². The van der Waals surface area contributed by atoms with Gasteiger partial charge in [-0.3, -0.25) is 9.69 Å². The number of hydrogen-bond acceptors (Lipinski definition) is 6. The minimum absolute atomic E-state index is 0.208. The van der Waals surface area contributed by atoms with Gasteiger partial charge in [0.1, 0.15) is 5.76 Å². The summed E-state index contributed by atoms with van der Waals surface area (Å²) in [5.41, 5.74) is 1.12. The lowest BCUT2D eigenvalue weighted by Crippen LogP contribution is -2.33. The molecule has 132 valence electrons. The molecule has 0 N–H and O–H groups in total. The number of carbonyl (C=O) groups is 1. The lowest BCUT2D eigenvalue weighted by atomic mass is 10.3. The van der Waals surface area contributed by atoms with Crippen molar-refractivity contribution in [3.8, 4) is 0 Å². The Balaban J connectivity index is 1.92. The highest BCUT2D eigenvalue weighted by Gasteiger charge is 2.23. The molecule has 0 spiro atoms. The van der Waals surface area contributed by atoms with E-state index in [1.807, 2.05) is 26.2 Å². The zero-order valence-corrected chi connectivity index (χ0v) is 15.9. The molecule has 0 unspecified atom stereocenters. The highest BCUT2D eigenvalue weighted by atomic mass is 35.5. The van der Waals surface area contributed by atoms with Gasteiger partial charge in [-0.1, -0.05) is 28.1 Å². The zero-order chi connectivity index (χ0) is 18.0. The van der Waals surface area contributed by atoms with Gasteiger partial charge >= 0.3 is 0 Å². The molecular weight excluding hydrogens is 360 g/mol. The highest BCUT2D eigenvalue weighted by molar-refractivity contribution is 7.22. The number of benzene rings is 1. The second kappa shape index (κ2) is 7.51. The Hall–Kier alpha value is -1.96. The van der Waals surface area contributed by atoms with Crippen LogP contribution in [0.4, 0.5) is 5.13 Å². The van der Waals surface area contributed by atoms with E-state index in [0.717, 1.165) is 23.2 Å². The fourth-order valence-electron chi connectivity index (χ4n) is 2.44. The van der Waals surface area contributed by atoms with Gasteiger partial charge in [0, 0.05) is 17.6 Å². The minimum Gasteiger partial charge on any atom is -0.361 e. The van der Waals surface area contributed by atoms with Gasteiger partial charge in [-0.2, -0.15) is 0 Å². The van der Waals surface area contributed by atoms with Crippen LogP contribution in [-0.4, -0.2) is 48.1 Å².